The van der Waals surface area contributed by atoms with E-state index in [2.05, 4.69) is 4.98 Å². The smallest absolute Gasteiger partial charge is 0.300 e. The van der Waals surface area contributed by atoms with E-state index < -0.39 is 21.0 Å². The molecule has 0 bridgehead atoms. The van der Waals surface area contributed by atoms with Crippen LogP contribution in [0.5, 0.6) is 0 Å². The number of hydrogen-bond donors (Lipinski definition) is 1. The van der Waals surface area contributed by atoms with Gasteiger partial charge in [-0.05, 0) is 30.3 Å². The molecule has 3 aromatic rings. The van der Waals surface area contributed by atoms with Gasteiger partial charge >= 0.3 is 5.91 Å². The van der Waals surface area contributed by atoms with Crippen LogP contribution in [0.3, 0.4) is 0 Å². The third-order valence-corrected chi connectivity index (χ3v) is 4.84. The molecule has 1 aromatic carbocycles. The monoisotopic (exact) mass is 370 g/mol. The van der Waals surface area contributed by atoms with Crippen LogP contribution < -0.4 is 9.62 Å². The van der Waals surface area contributed by atoms with Gasteiger partial charge in [-0.3, -0.25) is 4.79 Å². The first-order valence-electron chi connectivity index (χ1n) is 7.44. The first kappa shape index (κ1) is 17.4. The average molecular weight is 370 g/mol. The fraction of sp³-hybridized carbons (Fsp3) is 0.118. The summed E-state index contributed by atoms with van der Waals surface area (Å²) in [6, 6.07) is 11.1. The fourth-order valence-electron chi connectivity index (χ4n) is 2.26. The average Bonchev–Trinajstić information content (AvgIpc) is 3.04. The first-order chi connectivity index (χ1) is 12.3. The number of amides is 1. The van der Waals surface area contributed by atoms with Crippen molar-refractivity contribution in [3.05, 3.63) is 53.9 Å². The maximum atomic E-state index is 12.3. The van der Waals surface area contributed by atoms with Gasteiger partial charge in [0.25, 0.3) is 10.0 Å². The number of aromatic nitrogens is 1. The predicted molar refractivity (Wildman–Crippen MR) is 94.1 cm³/mol. The second kappa shape index (κ2) is 6.50. The number of carbonyl (C=O) groups is 1. The number of nitrogens with zero attached hydrogens (tertiary/aromatic N) is 3. The van der Waals surface area contributed by atoms with Crippen molar-refractivity contribution in [2.75, 3.05) is 19.0 Å². The van der Waals surface area contributed by atoms with Crippen molar-refractivity contribution in [3.8, 4) is 6.07 Å². The van der Waals surface area contributed by atoms with E-state index in [0.29, 0.717) is 11.0 Å². The minimum absolute atomic E-state index is 0.118. The molecule has 0 saturated carbocycles. The molecule has 9 heteroatoms. The van der Waals surface area contributed by atoms with Gasteiger partial charge in [0, 0.05) is 37.4 Å². The molecule has 2 heterocycles. The van der Waals surface area contributed by atoms with Crippen LogP contribution in [0.2, 0.25) is 0 Å². The Morgan fingerprint density at radius 2 is 2.00 bits per heavy atom. The molecule has 132 valence electrons. The van der Waals surface area contributed by atoms with Crippen LogP contribution in [0.25, 0.3) is 11.0 Å². The Morgan fingerprint density at radius 3 is 2.69 bits per heavy atom. The van der Waals surface area contributed by atoms with Gasteiger partial charge in [0.05, 0.1) is 11.6 Å². The molecule has 2 aromatic heterocycles. The summed E-state index contributed by atoms with van der Waals surface area (Å²) in [7, 11) is -0.494. The molecule has 1 amide bonds. The Balaban J connectivity index is 1.89. The highest BCUT2D eigenvalue weighted by atomic mass is 32.2. The number of rotatable bonds is 4. The molecule has 0 atom stereocenters. The minimum atomic E-state index is -4.23. The van der Waals surface area contributed by atoms with Crippen molar-refractivity contribution in [1.82, 2.24) is 9.71 Å². The molecular formula is C17H14N4O4S. The van der Waals surface area contributed by atoms with Crippen molar-refractivity contribution < 1.29 is 17.6 Å². The first-order valence-corrected chi connectivity index (χ1v) is 8.93. The van der Waals surface area contributed by atoms with Crippen LogP contribution in [-0.4, -0.2) is 33.4 Å². The summed E-state index contributed by atoms with van der Waals surface area (Å²) < 4.78 is 31.9. The van der Waals surface area contributed by atoms with Crippen LogP contribution in [0, 0.1) is 11.3 Å². The third-order valence-electron chi connectivity index (χ3n) is 3.61. The lowest BCUT2D eigenvalue weighted by Crippen LogP contribution is -2.30. The number of anilines is 1. The summed E-state index contributed by atoms with van der Waals surface area (Å²) in [5.74, 6) is -1.06. The summed E-state index contributed by atoms with van der Waals surface area (Å²) in [5.41, 5.74) is 1.46. The van der Waals surface area contributed by atoms with Crippen LogP contribution in [-0.2, 0) is 10.0 Å². The van der Waals surface area contributed by atoms with Crippen molar-refractivity contribution >= 4 is 32.6 Å². The molecule has 8 nitrogen and oxygen atoms in total. The lowest BCUT2D eigenvalue weighted by atomic mass is 10.2. The van der Waals surface area contributed by atoms with E-state index in [1.807, 2.05) is 35.9 Å². The molecule has 0 fully saturated rings. The molecule has 0 spiro atoms. The maximum Gasteiger partial charge on any atom is 0.300 e. The van der Waals surface area contributed by atoms with E-state index in [1.54, 1.807) is 12.1 Å². The zero-order chi connectivity index (χ0) is 18.9. The van der Waals surface area contributed by atoms with Crippen LogP contribution in [0.15, 0.2) is 52.0 Å². The SMILES string of the molecule is CN(C)c1ccc2cc(C(=O)NS(=O)(=O)c3cc(C#N)ccn3)oc2c1. The maximum absolute atomic E-state index is 12.3. The summed E-state index contributed by atoms with van der Waals surface area (Å²) in [4.78, 5) is 17.9. The number of benzene rings is 1. The number of pyridine rings is 1. The lowest BCUT2D eigenvalue weighted by molar-refractivity contribution is 0.0956. The molecule has 0 aliphatic heterocycles. The number of furan rings is 1. The molecule has 26 heavy (non-hydrogen) atoms. The molecular weight excluding hydrogens is 356 g/mol. The van der Waals surface area contributed by atoms with Crippen LogP contribution in [0.1, 0.15) is 16.1 Å². The highest BCUT2D eigenvalue weighted by molar-refractivity contribution is 7.90. The number of carbonyl (C=O) groups excluding carboxylic acids is 1. The van der Waals surface area contributed by atoms with Crippen molar-refractivity contribution in [1.29, 1.82) is 5.26 Å². The number of fused-ring (bicyclic) bond motifs is 1. The molecule has 0 aliphatic carbocycles. The van der Waals surface area contributed by atoms with Gasteiger partial charge < -0.3 is 9.32 Å². The molecule has 0 unspecified atom stereocenters. The van der Waals surface area contributed by atoms with Gasteiger partial charge in [-0.15, -0.1) is 0 Å². The van der Waals surface area contributed by atoms with Gasteiger partial charge in [0.2, 0.25) is 0 Å². The van der Waals surface area contributed by atoms with E-state index in [0.717, 1.165) is 11.8 Å². The van der Waals surface area contributed by atoms with Gasteiger partial charge in [-0.25, -0.2) is 9.71 Å². The Kier molecular flexibility index (Phi) is 4.36. The van der Waals surface area contributed by atoms with Crippen molar-refractivity contribution in [2.45, 2.75) is 5.03 Å². The Labute approximate surface area is 149 Å². The number of hydrogen-bond acceptors (Lipinski definition) is 7. The summed E-state index contributed by atoms with van der Waals surface area (Å²) >= 11 is 0. The second-order valence-electron chi connectivity index (χ2n) is 5.66. The van der Waals surface area contributed by atoms with E-state index >= 15 is 0 Å². The fourth-order valence-corrected chi connectivity index (χ4v) is 3.19. The molecule has 0 radical (unpaired) electrons. The lowest BCUT2D eigenvalue weighted by Gasteiger charge is -2.11. The number of sulfonamides is 1. The molecule has 0 saturated heterocycles. The number of nitrogens with one attached hydrogen (secondary N) is 1. The van der Waals surface area contributed by atoms with E-state index in [1.165, 1.54) is 18.3 Å². The highest BCUT2D eigenvalue weighted by Crippen LogP contribution is 2.24. The molecule has 3 rings (SSSR count). The Bertz CT molecular complexity index is 1140. The van der Waals surface area contributed by atoms with E-state index in [4.69, 9.17) is 9.68 Å². The molecule has 1 N–H and O–H groups in total. The van der Waals surface area contributed by atoms with Crippen molar-refractivity contribution in [3.63, 3.8) is 0 Å². The van der Waals surface area contributed by atoms with Gasteiger partial charge in [-0.1, -0.05) is 0 Å². The Morgan fingerprint density at radius 1 is 1.23 bits per heavy atom. The van der Waals surface area contributed by atoms with Gasteiger partial charge in [0.1, 0.15) is 5.58 Å². The number of nitriles is 1. The standard InChI is InChI=1S/C17H14N4O4S/c1-21(2)13-4-3-12-8-15(25-14(12)9-13)17(22)20-26(23,24)16-7-11(10-18)5-6-19-16/h3-9H,1-2H3,(H,20,22). The zero-order valence-electron chi connectivity index (χ0n) is 13.9. The minimum Gasteiger partial charge on any atom is -0.451 e. The highest BCUT2D eigenvalue weighted by Gasteiger charge is 2.23. The Hall–Kier alpha value is -3.38. The summed E-state index contributed by atoms with van der Waals surface area (Å²) in [6.07, 6.45) is 1.18. The van der Waals surface area contributed by atoms with Crippen LogP contribution in [0.4, 0.5) is 5.69 Å². The zero-order valence-corrected chi connectivity index (χ0v) is 14.7. The topological polar surface area (TPSA) is 116 Å². The third kappa shape index (κ3) is 3.36. The predicted octanol–water partition coefficient (Wildman–Crippen LogP) is 1.88. The van der Waals surface area contributed by atoms with E-state index in [-0.39, 0.29) is 11.3 Å². The second-order valence-corrected chi connectivity index (χ2v) is 7.29. The summed E-state index contributed by atoms with van der Waals surface area (Å²) in [5, 5.41) is 9.10. The van der Waals surface area contributed by atoms with Crippen molar-refractivity contribution in [2.24, 2.45) is 0 Å². The largest absolute Gasteiger partial charge is 0.451 e. The normalized spacial score (nSPS) is 11.1. The molecule has 0 aliphatic rings. The quantitative estimate of drug-likeness (QED) is 0.745. The summed E-state index contributed by atoms with van der Waals surface area (Å²) in [6.45, 7) is 0. The van der Waals surface area contributed by atoms with Gasteiger partial charge in [0.15, 0.2) is 10.8 Å². The van der Waals surface area contributed by atoms with Gasteiger partial charge in [-0.2, -0.15) is 13.7 Å². The van der Waals surface area contributed by atoms with E-state index in [9.17, 15) is 13.2 Å². The van der Waals surface area contributed by atoms with Crippen LogP contribution >= 0.6 is 0 Å².